The molecule has 0 bridgehead atoms. The van der Waals surface area contributed by atoms with Crippen LogP contribution in [-0.4, -0.2) is 32.3 Å². The Hall–Kier alpha value is -0.120. The molecule has 0 aromatic carbocycles. The second-order valence-corrected chi connectivity index (χ2v) is 4.71. The summed E-state index contributed by atoms with van der Waals surface area (Å²) in [5.74, 6) is 1.34. The van der Waals surface area contributed by atoms with Crippen LogP contribution in [0.4, 0.5) is 0 Å². The minimum absolute atomic E-state index is 0.568. The van der Waals surface area contributed by atoms with Crippen LogP contribution >= 0.6 is 0 Å². The lowest BCUT2D eigenvalue weighted by Crippen LogP contribution is -2.38. The average Bonchev–Trinajstić information content (AvgIpc) is 2.77. The minimum atomic E-state index is 0.568. The van der Waals surface area contributed by atoms with Crippen LogP contribution in [0.15, 0.2) is 0 Å². The maximum atomic E-state index is 5.73. The van der Waals surface area contributed by atoms with Gasteiger partial charge in [-0.15, -0.1) is 0 Å². The molecule has 3 unspecified atom stereocenters. The summed E-state index contributed by atoms with van der Waals surface area (Å²) < 4.78 is 5.39. The molecule has 0 spiro atoms. The van der Waals surface area contributed by atoms with Gasteiger partial charge in [0.1, 0.15) is 0 Å². The fourth-order valence-corrected chi connectivity index (χ4v) is 2.18. The normalized spacial score (nSPS) is 25.4. The van der Waals surface area contributed by atoms with Crippen LogP contribution in [0.3, 0.4) is 0 Å². The van der Waals surface area contributed by atoms with E-state index < -0.39 is 0 Å². The van der Waals surface area contributed by atoms with Gasteiger partial charge in [0.25, 0.3) is 0 Å². The zero-order valence-electron chi connectivity index (χ0n) is 10.2. The third-order valence-corrected chi connectivity index (χ3v) is 3.43. The Labute approximate surface area is 93.8 Å². The molecule has 3 heteroatoms. The van der Waals surface area contributed by atoms with Crippen molar-refractivity contribution in [3.63, 3.8) is 0 Å². The number of hydrogen-bond donors (Lipinski definition) is 2. The third-order valence-electron chi connectivity index (χ3n) is 3.43. The van der Waals surface area contributed by atoms with Crippen LogP contribution in [0.5, 0.6) is 0 Å². The van der Waals surface area contributed by atoms with Crippen LogP contribution in [-0.2, 0) is 4.74 Å². The topological polar surface area (TPSA) is 47.3 Å². The summed E-state index contributed by atoms with van der Waals surface area (Å²) in [6, 6.07) is 0.568. The van der Waals surface area contributed by atoms with Gasteiger partial charge in [-0.2, -0.15) is 0 Å². The second-order valence-electron chi connectivity index (χ2n) is 4.71. The van der Waals surface area contributed by atoms with Gasteiger partial charge in [0.2, 0.25) is 0 Å². The lowest BCUT2D eigenvalue weighted by Gasteiger charge is -2.22. The predicted molar refractivity (Wildman–Crippen MR) is 63.8 cm³/mol. The molecular formula is C12H26N2O. The van der Waals surface area contributed by atoms with Gasteiger partial charge in [0.05, 0.1) is 6.61 Å². The Kier molecular flexibility index (Phi) is 6.22. The summed E-state index contributed by atoms with van der Waals surface area (Å²) in [6.45, 7) is 8.20. The van der Waals surface area contributed by atoms with Crippen molar-refractivity contribution in [2.24, 2.45) is 17.6 Å². The van der Waals surface area contributed by atoms with Gasteiger partial charge in [-0.1, -0.05) is 13.3 Å². The van der Waals surface area contributed by atoms with E-state index in [1.807, 2.05) is 0 Å². The van der Waals surface area contributed by atoms with E-state index in [1.165, 1.54) is 19.3 Å². The van der Waals surface area contributed by atoms with Crippen LogP contribution < -0.4 is 11.1 Å². The molecule has 3 N–H and O–H groups in total. The summed E-state index contributed by atoms with van der Waals surface area (Å²) in [5, 5.41) is 3.60. The van der Waals surface area contributed by atoms with Gasteiger partial charge < -0.3 is 15.8 Å². The molecule has 1 saturated heterocycles. The number of hydrogen-bond acceptors (Lipinski definition) is 3. The first-order valence-corrected chi connectivity index (χ1v) is 6.29. The van der Waals surface area contributed by atoms with Gasteiger partial charge >= 0.3 is 0 Å². The van der Waals surface area contributed by atoms with Crippen molar-refractivity contribution in [3.8, 4) is 0 Å². The van der Waals surface area contributed by atoms with Gasteiger partial charge in [0.15, 0.2) is 0 Å². The van der Waals surface area contributed by atoms with Crippen molar-refractivity contribution >= 4 is 0 Å². The average molecular weight is 214 g/mol. The molecule has 0 radical (unpaired) electrons. The summed E-state index contributed by atoms with van der Waals surface area (Å²) in [7, 11) is 0. The molecule has 3 nitrogen and oxygen atoms in total. The van der Waals surface area contributed by atoms with Crippen molar-refractivity contribution < 1.29 is 4.74 Å². The molecule has 0 aliphatic carbocycles. The lowest BCUT2D eigenvalue weighted by molar-refractivity contribution is 0.177. The lowest BCUT2D eigenvalue weighted by atomic mass is 9.98. The smallest absolute Gasteiger partial charge is 0.0509 e. The molecule has 0 aromatic heterocycles. The van der Waals surface area contributed by atoms with Crippen LogP contribution in [0.1, 0.15) is 33.1 Å². The highest BCUT2D eigenvalue weighted by atomic mass is 16.5. The van der Waals surface area contributed by atoms with Gasteiger partial charge in [-0.25, -0.2) is 0 Å². The second kappa shape index (κ2) is 7.20. The molecule has 0 saturated carbocycles. The molecular weight excluding hydrogens is 188 g/mol. The monoisotopic (exact) mass is 214 g/mol. The van der Waals surface area contributed by atoms with E-state index in [4.69, 9.17) is 10.5 Å². The van der Waals surface area contributed by atoms with Crippen molar-refractivity contribution in [1.82, 2.24) is 5.32 Å². The zero-order valence-corrected chi connectivity index (χ0v) is 10.2. The first kappa shape index (κ1) is 12.9. The molecule has 0 aromatic rings. The summed E-state index contributed by atoms with van der Waals surface area (Å²) >= 11 is 0. The Morgan fingerprint density at radius 1 is 1.53 bits per heavy atom. The molecule has 15 heavy (non-hydrogen) atoms. The predicted octanol–water partition coefficient (Wildman–Crippen LogP) is 1.38. The maximum Gasteiger partial charge on any atom is 0.0509 e. The van der Waals surface area contributed by atoms with Crippen molar-refractivity contribution in [2.75, 3.05) is 26.3 Å². The molecule has 90 valence electrons. The highest BCUT2D eigenvalue weighted by Gasteiger charge is 2.22. The van der Waals surface area contributed by atoms with Gasteiger partial charge in [-0.05, 0) is 44.7 Å². The van der Waals surface area contributed by atoms with E-state index >= 15 is 0 Å². The molecule has 1 rings (SSSR count). The Morgan fingerprint density at radius 2 is 2.33 bits per heavy atom. The fourth-order valence-electron chi connectivity index (χ4n) is 2.18. The molecule has 0 amide bonds. The quantitative estimate of drug-likeness (QED) is 0.673. The number of nitrogens with one attached hydrogen (secondary N) is 1. The first-order chi connectivity index (χ1) is 7.27. The largest absolute Gasteiger partial charge is 0.381 e. The maximum absolute atomic E-state index is 5.73. The first-order valence-electron chi connectivity index (χ1n) is 6.29. The number of rotatable bonds is 7. The van der Waals surface area contributed by atoms with Crippen LogP contribution in [0.2, 0.25) is 0 Å². The fraction of sp³-hybridized carbons (Fsp3) is 1.00. The molecule has 3 atom stereocenters. The Morgan fingerprint density at radius 3 is 2.87 bits per heavy atom. The van der Waals surface area contributed by atoms with Crippen molar-refractivity contribution in [3.05, 3.63) is 0 Å². The number of nitrogens with two attached hydrogens (primary N) is 1. The van der Waals surface area contributed by atoms with Gasteiger partial charge in [-0.3, -0.25) is 0 Å². The third kappa shape index (κ3) is 4.49. The van der Waals surface area contributed by atoms with Crippen molar-refractivity contribution in [2.45, 2.75) is 39.2 Å². The standard InChI is InChI=1S/C12H26N2O/c1-3-4-11(7-13)8-14-10(2)12-5-6-15-9-12/h10-12,14H,3-9,13H2,1-2H3. The van der Waals surface area contributed by atoms with Gasteiger partial charge in [0, 0.05) is 12.6 Å². The summed E-state index contributed by atoms with van der Waals surface area (Å²) in [5.41, 5.74) is 5.73. The number of ether oxygens (including phenoxy) is 1. The van der Waals surface area contributed by atoms with E-state index in [-0.39, 0.29) is 0 Å². The molecule has 1 heterocycles. The minimum Gasteiger partial charge on any atom is -0.381 e. The van der Waals surface area contributed by atoms with E-state index in [0.29, 0.717) is 17.9 Å². The van der Waals surface area contributed by atoms with Crippen LogP contribution in [0, 0.1) is 11.8 Å². The van der Waals surface area contributed by atoms with E-state index in [1.54, 1.807) is 0 Å². The Balaban J connectivity index is 2.16. The molecule has 1 fully saturated rings. The van der Waals surface area contributed by atoms with Crippen molar-refractivity contribution in [1.29, 1.82) is 0 Å². The van der Waals surface area contributed by atoms with Crippen LogP contribution in [0.25, 0.3) is 0 Å². The van der Waals surface area contributed by atoms with E-state index in [9.17, 15) is 0 Å². The zero-order chi connectivity index (χ0) is 11.1. The van der Waals surface area contributed by atoms with E-state index in [0.717, 1.165) is 26.3 Å². The highest BCUT2D eigenvalue weighted by Crippen LogP contribution is 2.16. The summed E-state index contributed by atoms with van der Waals surface area (Å²) in [4.78, 5) is 0. The Bertz CT molecular complexity index is 158. The SMILES string of the molecule is CCCC(CN)CNC(C)C1CCOC1. The van der Waals surface area contributed by atoms with E-state index in [2.05, 4.69) is 19.2 Å². The highest BCUT2D eigenvalue weighted by molar-refractivity contribution is 4.77. The summed E-state index contributed by atoms with van der Waals surface area (Å²) in [6.07, 6.45) is 3.66. The molecule has 1 aliphatic rings. The molecule has 1 aliphatic heterocycles.